The highest BCUT2D eigenvalue weighted by Gasteiger charge is 2.67. The van der Waals surface area contributed by atoms with Crippen LogP contribution in [0.3, 0.4) is 0 Å². The maximum atomic E-state index is 13.5. The monoisotopic (exact) mass is 473 g/mol. The van der Waals surface area contributed by atoms with E-state index in [9.17, 15) is 9.59 Å². The number of hydrogen-bond donors (Lipinski definition) is 2. The summed E-state index contributed by atoms with van der Waals surface area (Å²) in [6.45, 7) is 8.53. The Labute approximate surface area is 195 Å². The third-order valence-corrected chi connectivity index (χ3v) is 9.26. The van der Waals surface area contributed by atoms with E-state index in [1.807, 2.05) is 24.0 Å². The number of fused-ring (bicyclic) bond motifs is 1. The van der Waals surface area contributed by atoms with Crippen LogP contribution in [0.1, 0.15) is 51.5 Å². The van der Waals surface area contributed by atoms with E-state index in [0.29, 0.717) is 5.82 Å². The summed E-state index contributed by atoms with van der Waals surface area (Å²) in [6, 6.07) is 7.46. The first kappa shape index (κ1) is 21.7. The van der Waals surface area contributed by atoms with Crippen molar-refractivity contribution in [3.05, 3.63) is 35.7 Å². The van der Waals surface area contributed by atoms with Crippen molar-refractivity contribution in [3.63, 3.8) is 0 Å². The number of amides is 2. The van der Waals surface area contributed by atoms with Crippen molar-refractivity contribution in [1.82, 2.24) is 35.7 Å². The summed E-state index contributed by atoms with van der Waals surface area (Å²) < 4.78 is -0.303. The number of tetrazole rings is 1. The number of carbonyl (C=O) groups excluding carboxylic acids is 2. The number of carbonyl (C=O) groups is 2. The van der Waals surface area contributed by atoms with Crippen molar-refractivity contribution in [1.29, 1.82) is 0 Å². The van der Waals surface area contributed by atoms with Crippen LogP contribution in [0.5, 0.6) is 0 Å². The Morgan fingerprint density at radius 3 is 2.81 bits per heavy atom. The molecule has 2 aromatic rings. The number of aromatic amines is 1. The van der Waals surface area contributed by atoms with Crippen molar-refractivity contribution in [2.75, 3.05) is 12.3 Å². The summed E-state index contributed by atoms with van der Waals surface area (Å²) in [5, 5.41) is 17.7. The van der Waals surface area contributed by atoms with E-state index < -0.39 is 11.7 Å². The fourth-order valence-electron chi connectivity index (χ4n) is 4.99. The number of nitrogens with one attached hydrogen (secondary N) is 2. The number of nitrogens with zero attached hydrogens (tertiary/aromatic N) is 5. The van der Waals surface area contributed by atoms with Crippen molar-refractivity contribution < 1.29 is 9.59 Å². The third kappa shape index (κ3) is 3.16. The standard InChI is InChI=1S/C21H27N7O2S2/c1-5-9-31-13-8-6-7-12(10-13)21(4)22-11-14(29)28(21)15-18(30)27-16(17-23-25-26-24-17)20(2,3)32-19(15)27/h6-8,10,15-16,19,22H,5,9,11H2,1-4H3,(H,23,24,25,26)/t15?,16?,19-,21?/m0/s1. The Morgan fingerprint density at radius 1 is 1.28 bits per heavy atom. The second-order valence-electron chi connectivity index (χ2n) is 9.04. The highest BCUT2D eigenvalue weighted by molar-refractivity contribution is 8.01. The number of rotatable bonds is 6. The average molecular weight is 474 g/mol. The SMILES string of the molecule is CCCSc1cccc(C2(C)NCC(=O)N2C2C(=O)N3C(c4nn[nH]n4)C(C)(C)S[C@@H]23)c1. The molecule has 1 aromatic heterocycles. The summed E-state index contributed by atoms with van der Waals surface area (Å²) >= 11 is 3.50. The molecule has 4 atom stereocenters. The largest absolute Gasteiger partial charge is 0.314 e. The lowest BCUT2D eigenvalue weighted by molar-refractivity contribution is -0.166. The Hall–Kier alpha value is -2.11. The summed E-state index contributed by atoms with van der Waals surface area (Å²) in [5.74, 6) is 1.42. The van der Waals surface area contributed by atoms with Gasteiger partial charge in [0.25, 0.3) is 0 Å². The maximum absolute atomic E-state index is 13.5. The van der Waals surface area contributed by atoms with Crippen LogP contribution in [0.2, 0.25) is 0 Å². The predicted molar refractivity (Wildman–Crippen MR) is 123 cm³/mol. The van der Waals surface area contributed by atoms with Crippen LogP contribution < -0.4 is 5.32 Å². The highest BCUT2D eigenvalue weighted by atomic mass is 32.2. The van der Waals surface area contributed by atoms with Gasteiger partial charge >= 0.3 is 0 Å². The summed E-state index contributed by atoms with van der Waals surface area (Å²) in [5.41, 5.74) is 0.244. The molecule has 2 N–H and O–H groups in total. The minimum absolute atomic E-state index is 0.0569. The average Bonchev–Trinajstić information content (AvgIpc) is 3.45. The van der Waals surface area contributed by atoms with Gasteiger partial charge in [-0.2, -0.15) is 5.21 Å². The molecule has 5 rings (SSSR count). The van der Waals surface area contributed by atoms with E-state index in [1.54, 1.807) is 28.4 Å². The molecule has 4 heterocycles. The molecule has 3 fully saturated rings. The molecule has 0 radical (unpaired) electrons. The Morgan fingerprint density at radius 2 is 2.09 bits per heavy atom. The molecular weight excluding hydrogens is 446 g/mol. The van der Waals surface area contributed by atoms with Crippen LogP contribution in [0, 0.1) is 0 Å². The van der Waals surface area contributed by atoms with E-state index in [0.717, 1.165) is 17.7 Å². The lowest BCUT2D eigenvalue weighted by atomic mass is 9.92. The molecule has 11 heteroatoms. The quantitative estimate of drug-likeness (QED) is 0.485. The van der Waals surface area contributed by atoms with Gasteiger partial charge in [0.1, 0.15) is 23.1 Å². The fourth-order valence-corrected chi connectivity index (χ4v) is 7.49. The molecule has 2 amide bonds. The van der Waals surface area contributed by atoms with Crippen molar-refractivity contribution in [2.45, 2.75) is 66.9 Å². The number of H-pyrrole nitrogens is 1. The molecule has 1 aromatic carbocycles. The first-order chi connectivity index (χ1) is 15.3. The summed E-state index contributed by atoms with van der Waals surface area (Å²) in [7, 11) is 0. The van der Waals surface area contributed by atoms with Gasteiger partial charge in [-0.25, -0.2) is 0 Å². The molecule has 9 nitrogen and oxygen atoms in total. The molecule has 170 valence electrons. The predicted octanol–water partition coefficient (Wildman–Crippen LogP) is 2.11. The third-order valence-electron chi connectivity index (χ3n) is 6.50. The highest BCUT2D eigenvalue weighted by Crippen LogP contribution is 2.58. The number of thioether (sulfide) groups is 2. The zero-order valence-corrected chi connectivity index (χ0v) is 20.2. The number of hydrogen-bond acceptors (Lipinski definition) is 8. The van der Waals surface area contributed by atoms with E-state index in [-0.39, 0.29) is 34.5 Å². The molecule has 32 heavy (non-hydrogen) atoms. The molecule has 0 aliphatic carbocycles. The van der Waals surface area contributed by atoms with Gasteiger partial charge in [-0.1, -0.05) is 24.3 Å². The Balaban J connectivity index is 1.47. The van der Waals surface area contributed by atoms with Gasteiger partial charge in [0.05, 0.1) is 6.54 Å². The zero-order valence-electron chi connectivity index (χ0n) is 18.5. The van der Waals surface area contributed by atoms with Gasteiger partial charge in [-0.15, -0.1) is 33.7 Å². The van der Waals surface area contributed by atoms with Gasteiger partial charge in [-0.3, -0.25) is 14.9 Å². The molecule has 3 aliphatic heterocycles. The van der Waals surface area contributed by atoms with Crippen LogP contribution in [-0.2, 0) is 15.3 Å². The summed E-state index contributed by atoms with van der Waals surface area (Å²) in [4.78, 5) is 31.3. The smallest absolute Gasteiger partial charge is 0.250 e. The summed E-state index contributed by atoms with van der Waals surface area (Å²) in [6.07, 6.45) is 1.09. The van der Waals surface area contributed by atoms with Gasteiger partial charge in [0.15, 0.2) is 5.82 Å². The van der Waals surface area contributed by atoms with Crippen molar-refractivity contribution >= 4 is 35.3 Å². The zero-order chi connectivity index (χ0) is 22.7. The Kier molecular flexibility index (Phi) is 5.25. The van der Waals surface area contributed by atoms with Crippen molar-refractivity contribution in [2.24, 2.45) is 0 Å². The molecule has 3 aliphatic rings. The van der Waals surface area contributed by atoms with Crippen LogP contribution in [0.4, 0.5) is 0 Å². The van der Waals surface area contributed by atoms with Crippen LogP contribution >= 0.6 is 23.5 Å². The molecular formula is C21H27N7O2S2. The van der Waals surface area contributed by atoms with Crippen LogP contribution in [0.25, 0.3) is 0 Å². The molecule has 0 spiro atoms. The second-order valence-corrected chi connectivity index (χ2v) is 12.0. The maximum Gasteiger partial charge on any atom is 0.250 e. The van der Waals surface area contributed by atoms with Gasteiger partial charge < -0.3 is 9.80 Å². The molecule has 0 saturated carbocycles. The van der Waals surface area contributed by atoms with E-state index >= 15 is 0 Å². The van der Waals surface area contributed by atoms with Crippen molar-refractivity contribution in [3.8, 4) is 0 Å². The second kappa shape index (κ2) is 7.74. The first-order valence-electron chi connectivity index (χ1n) is 10.8. The first-order valence-corrected chi connectivity index (χ1v) is 12.7. The molecule has 0 bridgehead atoms. The van der Waals surface area contributed by atoms with Gasteiger partial charge in [0, 0.05) is 9.64 Å². The number of aromatic nitrogens is 4. The van der Waals surface area contributed by atoms with E-state index in [1.165, 1.54) is 4.90 Å². The molecule has 3 saturated heterocycles. The van der Waals surface area contributed by atoms with Crippen LogP contribution in [-0.4, -0.2) is 70.7 Å². The molecule has 3 unspecified atom stereocenters. The minimum atomic E-state index is -0.749. The van der Waals surface area contributed by atoms with Gasteiger partial charge in [0.2, 0.25) is 11.8 Å². The number of β-lactam (4-membered cyclic amide) rings is 1. The lowest BCUT2D eigenvalue weighted by Crippen LogP contribution is -2.71. The topological polar surface area (TPSA) is 107 Å². The normalized spacial score (nSPS) is 31.2. The lowest BCUT2D eigenvalue weighted by Gasteiger charge is -2.51. The van der Waals surface area contributed by atoms with Crippen LogP contribution in [0.15, 0.2) is 29.2 Å². The van der Waals surface area contributed by atoms with Gasteiger partial charge in [-0.05, 0) is 50.6 Å². The Bertz CT molecular complexity index is 1050. The minimum Gasteiger partial charge on any atom is -0.314 e. The van der Waals surface area contributed by atoms with E-state index in [2.05, 4.69) is 58.8 Å². The van der Waals surface area contributed by atoms with E-state index in [4.69, 9.17) is 0 Å². The number of benzene rings is 1. The fraction of sp³-hybridized carbons (Fsp3) is 0.571.